The summed E-state index contributed by atoms with van der Waals surface area (Å²) >= 11 is 2.30. The smallest absolute Gasteiger partial charge is 0.0276 e. The summed E-state index contributed by atoms with van der Waals surface area (Å²) in [5.74, 6) is 0. The molecule has 0 aliphatic carbocycles. The highest BCUT2D eigenvalue weighted by atomic mass is 127. The van der Waals surface area contributed by atoms with Gasteiger partial charge < -0.3 is 5.73 Å². The first-order valence-electron chi connectivity index (χ1n) is 3.22. The molecule has 2 N–H and O–H groups in total. The third-order valence-corrected chi connectivity index (χ3v) is 2.38. The molecule has 0 aromatic heterocycles. The molecule has 0 saturated heterocycles. The number of hydrogen-bond acceptors (Lipinski definition) is 1. The maximum atomic E-state index is 5.71. The largest absolute Gasteiger partial charge is 0.324 e. The van der Waals surface area contributed by atoms with Crippen LogP contribution in [0.5, 0.6) is 0 Å². The summed E-state index contributed by atoms with van der Waals surface area (Å²) in [5.41, 5.74) is 6.93. The van der Waals surface area contributed by atoms with Gasteiger partial charge >= 0.3 is 0 Å². The molecule has 1 rings (SSSR count). The number of rotatable bonds is 1. The zero-order valence-electron chi connectivity index (χ0n) is 5.84. The zero-order valence-corrected chi connectivity index (χ0v) is 8.00. The Morgan fingerprint density at radius 2 is 2.00 bits per heavy atom. The third kappa shape index (κ3) is 1.70. The van der Waals surface area contributed by atoms with E-state index in [2.05, 4.69) is 34.7 Å². The number of halogens is 1. The van der Waals surface area contributed by atoms with E-state index in [-0.39, 0.29) is 6.04 Å². The quantitative estimate of drug-likeness (QED) is 0.757. The molecule has 0 heterocycles. The Morgan fingerprint density at radius 1 is 1.40 bits per heavy atom. The molecule has 0 aliphatic heterocycles. The average molecular weight is 247 g/mol. The van der Waals surface area contributed by atoms with Gasteiger partial charge in [-0.1, -0.05) is 18.2 Å². The van der Waals surface area contributed by atoms with Gasteiger partial charge in [-0.3, -0.25) is 0 Å². The Labute approximate surface area is 74.8 Å². The lowest BCUT2D eigenvalue weighted by molar-refractivity contribution is 0.813. The first-order valence-corrected chi connectivity index (χ1v) is 4.29. The Bertz CT molecular complexity index is 220. The number of benzene rings is 1. The van der Waals surface area contributed by atoms with E-state index in [1.54, 1.807) is 0 Å². The minimum absolute atomic E-state index is 0.146. The molecule has 1 aromatic rings. The summed E-state index contributed by atoms with van der Waals surface area (Å²) in [5, 5.41) is 0. The van der Waals surface area contributed by atoms with Crippen LogP contribution in [0.1, 0.15) is 18.5 Å². The van der Waals surface area contributed by atoms with Crippen molar-refractivity contribution in [1.29, 1.82) is 0 Å². The number of hydrogen-bond donors (Lipinski definition) is 1. The normalized spacial score (nSPS) is 13.1. The van der Waals surface area contributed by atoms with Crippen LogP contribution in [-0.4, -0.2) is 0 Å². The van der Waals surface area contributed by atoms with Crippen LogP contribution in [-0.2, 0) is 0 Å². The van der Waals surface area contributed by atoms with E-state index >= 15 is 0 Å². The topological polar surface area (TPSA) is 26.0 Å². The van der Waals surface area contributed by atoms with Crippen molar-refractivity contribution in [1.82, 2.24) is 0 Å². The van der Waals surface area contributed by atoms with Crippen LogP contribution in [0.2, 0.25) is 0 Å². The molecule has 0 amide bonds. The summed E-state index contributed by atoms with van der Waals surface area (Å²) in [6.45, 7) is 2.00. The van der Waals surface area contributed by atoms with Crippen molar-refractivity contribution in [2.24, 2.45) is 5.73 Å². The Kier molecular flexibility index (Phi) is 2.68. The van der Waals surface area contributed by atoms with Gasteiger partial charge in [-0.25, -0.2) is 0 Å². The Balaban J connectivity index is 3.03. The van der Waals surface area contributed by atoms with Gasteiger partial charge in [0.15, 0.2) is 0 Å². The van der Waals surface area contributed by atoms with Crippen LogP contribution in [0.15, 0.2) is 24.3 Å². The van der Waals surface area contributed by atoms with Crippen molar-refractivity contribution >= 4 is 22.6 Å². The molecule has 0 bridgehead atoms. The van der Waals surface area contributed by atoms with Crippen molar-refractivity contribution < 1.29 is 0 Å². The molecule has 0 fully saturated rings. The molecule has 1 aromatic carbocycles. The monoisotopic (exact) mass is 247 g/mol. The lowest BCUT2D eigenvalue weighted by atomic mass is 10.1. The molecule has 0 spiro atoms. The molecular formula is C8H10IN. The Hall–Kier alpha value is -0.0900. The van der Waals surface area contributed by atoms with Gasteiger partial charge in [0.05, 0.1) is 0 Å². The van der Waals surface area contributed by atoms with E-state index in [0.29, 0.717) is 0 Å². The molecule has 10 heavy (non-hydrogen) atoms. The average Bonchev–Trinajstić information content (AvgIpc) is 1.88. The van der Waals surface area contributed by atoms with Crippen molar-refractivity contribution in [3.8, 4) is 0 Å². The molecule has 0 unspecified atom stereocenters. The van der Waals surface area contributed by atoms with Crippen LogP contribution >= 0.6 is 22.6 Å². The van der Waals surface area contributed by atoms with Gasteiger partial charge in [0, 0.05) is 9.61 Å². The maximum absolute atomic E-state index is 5.71. The van der Waals surface area contributed by atoms with Crippen molar-refractivity contribution in [2.75, 3.05) is 0 Å². The van der Waals surface area contributed by atoms with Crippen LogP contribution in [0, 0.1) is 3.57 Å². The SMILES string of the molecule is C[C@@H](N)c1ccccc1I. The molecule has 0 radical (unpaired) electrons. The maximum Gasteiger partial charge on any atom is 0.0276 e. The fourth-order valence-corrected chi connectivity index (χ4v) is 1.72. The number of nitrogens with two attached hydrogens (primary N) is 1. The van der Waals surface area contributed by atoms with E-state index < -0.39 is 0 Å². The minimum atomic E-state index is 0.146. The highest BCUT2D eigenvalue weighted by Crippen LogP contribution is 2.16. The van der Waals surface area contributed by atoms with Gasteiger partial charge in [0.25, 0.3) is 0 Å². The fourth-order valence-electron chi connectivity index (χ4n) is 0.844. The summed E-state index contributed by atoms with van der Waals surface area (Å²) < 4.78 is 1.25. The Morgan fingerprint density at radius 3 is 2.40 bits per heavy atom. The summed E-state index contributed by atoms with van der Waals surface area (Å²) in [6.07, 6.45) is 0. The first kappa shape index (κ1) is 8.01. The minimum Gasteiger partial charge on any atom is -0.324 e. The highest BCUT2D eigenvalue weighted by Gasteiger charge is 2.01. The van der Waals surface area contributed by atoms with Crippen molar-refractivity contribution in [2.45, 2.75) is 13.0 Å². The molecule has 54 valence electrons. The second-order valence-corrected chi connectivity index (χ2v) is 3.47. The molecule has 1 atom stereocenters. The third-order valence-electron chi connectivity index (χ3n) is 1.40. The van der Waals surface area contributed by atoms with Crippen LogP contribution in [0.25, 0.3) is 0 Å². The van der Waals surface area contributed by atoms with E-state index in [4.69, 9.17) is 5.73 Å². The van der Waals surface area contributed by atoms with E-state index in [0.717, 1.165) is 0 Å². The molecule has 1 nitrogen and oxygen atoms in total. The van der Waals surface area contributed by atoms with Crippen molar-refractivity contribution in [3.63, 3.8) is 0 Å². The van der Waals surface area contributed by atoms with E-state index in [9.17, 15) is 0 Å². The summed E-state index contributed by atoms with van der Waals surface area (Å²) in [4.78, 5) is 0. The van der Waals surface area contributed by atoms with Gasteiger partial charge in [0.1, 0.15) is 0 Å². The predicted molar refractivity (Wildman–Crippen MR) is 51.8 cm³/mol. The van der Waals surface area contributed by atoms with E-state index in [1.807, 2.05) is 19.1 Å². The fraction of sp³-hybridized carbons (Fsp3) is 0.250. The molecule has 0 aliphatic rings. The molecule has 2 heteroatoms. The summed E-state index contributed by atoms with van der Waals surface area (Å²) in [7, 11) is 0. The first-order chi connectivity index (χ1) is 4.72. The van der Waals surface area contributed by atoms with Gasteiger partial charge in [-0.15, -0.1) is 0 Å². The standard InChI is InChI=1S/C8H10IN/c1-6(10)7-4-2-3-5-8(7)9/h2-6H,10H2,1H3/t6-/m1/s1. The molecular weight excluding hydrogens is 237 g/mol. The van der Waals surface area contributed by atoms with Gasteiger partial charge in [-0.05, 0) is 41.1 Å². The van der Waals surface area contributed by atoms with Crippen LogP contribution in [0.4, 0.5) is 0 Å². The van der Waals surface area contributed by atoms with Crippen LogP contribution < -0.4 is 5.73 Å². The van der Waals surface area contributed by atoms with Crippen LogP contribution in [0.3, 0.4) is 0 Å². The van der Waals surface area contributed by atoms with Gasteiger partial charge in [-0.2, -0.15) is 0 Å². The van der Waals surface area contributed by atoms with Gasteiger partial charge in [0.2, 0.25) is 0 Å². The predicted octanol–water partition coefficient (Wildman–Crippen LogP) is 2.31. The zero-order chi connectivity index (χ0) is 7.56. The lowest BCUT2D eigenvalue weighted by Crippen LogP contribution is -2.06. The van der Waals surface area contributed by atoms with E-state index in [1.165, 1.54) is 9.13 Å². The second-order valence-electron chi connectivity index (χ2n) is 2.31. The highest BCUT2D eigenvalue weighted by molar-refractivity contribution is 14.1. The molecule has 0 saturated carbocycles. The lowest BCUT2D eigenvalue weighted by Gasteiger charge is -2.06. The second kappa shape index (κ2) is 3.34. The summed E-state index contributed by atoms with van der Waals surface area (Å²) in [6, 6.07) is 8.31. The van der Waals surface area contributed by atoms with Crippen molar-refractivity contribution in [3.05, 3.63) is 33.4 Å².